The Morgan fingerprint density at radius 1 is 0.840 bits per heavy atom. The van der Waals surface area contributed by atoms with Crippen LogP contribution in [0.3, 0.4) is 0 Å². The number of hydrogen-bond donors (Lipinski definition) is 1. The summed E-state index contributed by atoms with van der Waals surface area (Å²) in [6.45, 7) is 3.74. The summed E-state index contributed by atoms with van der Waals surface area (Å²) < 4.78 is 66.9. The first-order chi connectivity index (χ1) is 11.8. The lowest BCUT2D eigenvalue weighted by molar-refractivity contribution is -0.115. The van der Waals surface area contributed by atoms with Crippen molar-refractivity contribution in [1.29, 1.82) is 0 Å². The van der Waals surface area contributed by atoms with Crippen LogP contribution < -0.4 is 5.32 Å². The van der Waals surface area contributed by atoms with Crippen molar-refractivity contribution in [2.24, 2.45) is 0 Å². The zero-order valence-electron chi connectivity index (χ0n) is 13.7. The van der Waals surface area contributed by atoms with E-state index in [-0.39, 0.29) is 0 Å². The van der Waals surface area contributed by atoms with Crippen LogP contribution in [-0.4, -0.2) is 5.91 Å². The third-order valence-corrected chi connectivity index (χ3v) is 3.90. The van der Waals surface area contributed by atoms with Gasteiger partial charge in [0.05, 0.1) is 6.42 Å². The predicted molar refractivity (Wildman–Crippen MR) is 83.8 cm³/mol. The first kappa shape index (κ1) is 18.9. The molecule has 2 nitrogen and oxygen atoms in total. The minimum absolute atomic E-state index is 0.501. The molecule has 2 rings (SSSR count). The number of carbonyl (C=O) groups is 1. The molecule has 0 heterocycles. The maximum absolute atomic E-state index is 13.7. The van der Waals surface area contributed by atoms with Gasteiger partial charge in [0.15, 0.2) is 23.3 Å². The van der Waals surface area contributed by atoms with E-state index in [1.54, 1.807) is 12.1 Å². The molecule has 0 aliphatic heterocycles. The zero-order valence-corrected chi connectivity index (χ0v) is 13.7. The van der Waals surface area contributed by atoms with E-state index in [1.165, 1.54) is 0 Å². The van der Waals surface area contributed by atoms with Crippen LogP contribution in [0.15, 0.2) is 18.2 Å². The zero-order chi connectivity index (χ0) is 18.7. The average Bonchev–Trinajstić information content (AvgIpc) is 2.62. The standard InChI is InChI=1S/C18H16F5NO/c1-3-9-6-5-7-10(4-2)18(9)24-12(25)8-11-13(19)15(21)17(23)16(22)14(11)20/h5-7H,3-4,8H2,1-2H3,(H,24,25). The van der Waals surface area contributed by atoms with Gasteiger partial charge < -0.3 is 5.32 Å². The number of anilines is 1. The van der Waals surface area contributed by atoms with Gasteiger partial charge in [-0.2, -0.15) is 0 Å². The van der Waals surface area contributed by atoms with Crippen LogP contribution in [0.1, 0.15) is 30.5 Å². The minimum atomic E-state index is -2.25. The monoisotopic (exact) mass is 357 g/mol. The van der Waals surface area contributed by atoms with Gasteiger partial charge in [-0.05, 0) is 24.0 Å². The highest BCUT2D eigenvalue weighted by Gasteiger charge is 2.27. The molecule has 2 aromatic carbocycles. The summed E-state index contributed by atoms with van der Waals surface area (Å²) in [6.07, 6.45) is 0.241. The maximum Gasteiger partial charge on any atom is 0.229 e. The molecule has 0 aromatic heterocycles. The molecule has 25 heavy (non-hydrogen) atoms. The SMILES string of the molecule is CCc1cccc(CC)c1NC(=O)Cc1c(F)c(F)c(F)c(F)c1F. The van der Waals surface area contributed by atoms with E-state index in [4.69, 9.17) is 0 Å². The second-order valence-electron chi connectivity index (χ2n) is 5.43. The van der Waals surface area contributed by atoms with Gasteiger partial charge in [-0.15, -0.1) is 0 Å². The quantitative estimate of drug-likeness (QED) is 0.470. The largest absolute Gasteiger partial charge is 0.325 e. The Balaban J connectivity index is 2.34. The molecule has 0 saturated heterocycles. The topological polar surface area (TPSA) is 29.1 Å². The Bertz CT molecular complexity index is 768. The van der Waals surface area contributed by atoms with Crippen LogP contribution in [0.25, 0.3) is 0 Å². The van der Waals surface area contributed by atoms with E-state index in [2.05, 4.69) is 5.32 Å². The summed E-state index contributed by atoms with van der Waals surface area (Å²) in [5.41, 5.74) is 0.970. The van der Waals surface area contributed by atoms with Crippen LogP contribution in [0, 0.1) is 29.1 Å². The van der Waals surface area contributed by atoms with Crippen molar-refractivity contribution in [3.05, 3.63) is 64.0 Å². The Morgan fingerprint density at radius 3 is 1.72 bits per heavy atom. The van der Waals surface area contributed by atoms with Gasteiger partial charge in [0, 0.05) is 11.3 Å². The lowest BCUT2D eigenvalue weighted by Crippen LogP contribution is -2.20. The van der Waals surface area contributed by atoms with Crippen LogP contribution in [0.4, 0.5) is 27.6 Å². The van der Waals surface area contributed by atoms with Gasteiger partial charge >= 0.3 is 0 Å². The Hall–Kier alpha value is -2.44. The Labute approximate surface area is 141 Å². The third kappa shape index (κ3) is 3.65. The van der Waals surface area contributed by atoms with Crippen LogP contribution >= 0.6 is 0 Å². The molecule has 0 aliphatic carbocycles. The fraction of sp³-hybridized carbons (Fsp3) is 0.278. The molecule has 0 radical (unpaired) electrons. The van der Waals surface area contributed by atoms with Gasteiger partial charge in [0.2, 0.25) is 11.7 Å². The molecule has 0 fully saturated rings. The third-order valence-electron chi connectivity index (χ3n) is 3.90. The molecule has 7 heteroatoms. The molecule has 1 N–H and O–H groups in total. The fourth-order valence-corrected chi connectivity index (χ4v) is 2.55. The van der Waals surface area contributed by atoms with E-state index in [9.17, 15) is 26.7 Å². The predicted octanol–water partition coefficient (Wildman–Crippen LogP) is 4.69. The first-order valence-corrected chi connectivity index (χ1v) is 7.72. The summed E-state index contributed by atoms with van der Waals surface area (Å²) in [5, 5.41) is 2.53. The number of carbonyl (C=O) groups excluding carboxylic acids is 1. The van der Waals surface area contributed by atoms with Gasteiger partial charge in [-0.3, -0.25) is 4.79 Å². The molecule has 134 valence electrons. The Kier molecular flexibility index (Phi) is 5.77. The van der Waals surface area contributed by atoms with E-state index >= 15 is 0 Å². The van der Waals surface area contributed by atoms with Crippen molar-refractivity contribution in [2.75, 3.05) is 5.32 Å². The van der Waals surface area contributed by atoms with E-state index in [0.717, 1.165) is 11.1 Å². The van der Waals surface area contributed by atoms with Crippen molar-refractivity contribution in [2.45, 2.75) is 33.1 Å². The van der Waals surface area contributed by atoms with Gasteiger partial charge in [-0.1, -0.05) is 32.0 Å². The summed E-state index contributed by atoms with van der Waals surface area (Å²) in [6, 6.07) is 5.39. The van der Waals surface area contributed by atoms with Crippen LogP contribution in [0.2, 0.25) is 0 Å². The van der Waals surface area contributed by atoms with Crippen molar-refractivity contribution in [3.63, 3.8) is 0 Å². The highest BCUT2D eigenvalue weighted by Crippen LogP contribution is 2.25. The number of para-hydroxylation sites is 1. The van der Waals surface area contributed by atoms with Crippen molar-refractivity contribution in [3.8, 4) is 0 Å². The fourth-order valence-electron chi connectivity index (χ4n) is 2.55. The van der Waals surface area contributed by atoms with Crippen molar-refractivity contribution >= 4 is 11.6 Å². The van der Waals surface area contributed by atoms with E-state index in [0.29, 0.717) is 18.5 Å². The molecule has 0 spiro atoms. The number of amides is 1. The number of benzene rings is 2. The van der Waals surface area contributed by atoms with E-state index in [1.807, 2.05) is 19.9 Å². The number of halogens is 5. The highest BCUT2D eigenvalue weighted by molar-refractivity contribution is 5.94. The molecule has 1 amide bonds. The van der Waals surface area contributed by atoms with Crippen LogP contribution in [0.5, 0.6) is 0 Å². The van der Waals surface area contributed by atoms with Gasteiger partial charge in [0.1, 0.15) is 0 Å². The second kappa shape index (κ2) is 7.63. The number of rotatable bonds is 5. The molecular formula is C18H16F5NO. The number of hydrogen-bond acceptors (Lipinski definition) is 1. The second-order valence-corrected chi connectivity index (χ2v) is 5.43. The molecule has 0 aliphatic rings. The van der Waals surface area contributed by atoms with E-state index < -0.39 is 47.0 Å². The smallest absolute Gasteiger partial charge is 0.229 e. The molecule has 0 atom stereocenters. The van der Waals surface area contributed by atoms with Crippen molar-refractivity contribution in [1.82, 2.24) is 0 Å². The molecule has 0 bridgehead atoms. The van der Waals surface area contributed by atoms with Gasteiger partial charge in [0.25, 0.3) is 0 Å². The lowest BCUT2D eigenvalue weighted by Gasteiger charge is -2.15. The average molecular weight is 357 g/mol. The maximum atomic E-state index is 13.7. The summed E-state index contributed by atoms with van der Waals surface area (Å²) >= 11 is 0. The number of aryl methyl sites for hydroxylation is 2. The summed E-state index contributed by atoms with van der Waals surface area (Å²) in [7, 11) is 0. The van der Waals surface area contributed by atoms with Gasteiger partial charge in [-0.25, -0.2) is 22.0 Å². The normalized spacial score (nSPS) is 10.8. The van der Waals surface area contributed by atoms with Crippen LogP contribution in [-0.2, 0) is 24.1 Å². The highest BCUT2D eigenvalue weighted by atomic mass is 19.2. The molecule has 2 aromatic rings. The molecule has 0 saturated carbocycles. The first-order valence-electron chi connectivity index (χ1n) is 7.72. The van der Waals surface area contributed by atoms with Crippen molar-refractivity contribution < 1.29 is 26.7 Å². The summed E-state index contributed by atoms with van der Waals surface area (Å²) in [4.78, 5) is 12.1. The lowest BCUT2D eigenvalue weighted by atomic mass is 10.0. The minimum Gasteiger partial charge on any atom is -0.325 e. The number of nitrogens with one attached hydrogen (secondary N) is 1. The molecule has 0 unspecified atom stereocenters. The molecular weight excluding hydrogens is 341 g/mol. The summed E-state index contributed by atoms with van der Waals surface area (Å²) in [5.74, 6) is -11.2. The Morgan fingerprint density at radius 2 is 1.28 bits per heavy atom.